The highest BCUT2D eigenvalue weighted by molar-refractivity contribution is 6.31. The second-order valence-electron chi connectivity index (χ2n) is 5.96. The van der Waals surface area contributed by atoms with E-state index in [2.05, 4.69) is 60.7 Å². The standard InChI is InChI=1S/C22H13O/c23-15-10-12-18-17-7-3-4-8-19(17)22-16-6-2-1-5-14(16)9-11-20(22)21(18)13-15/h1-13H. The van der Waals surface area contributed by atoms with Crippen molar-refractivity contribution in [3.63, 3.8) is 0 Å². The van der Waals surface area contributed by atoms with Crippen LogP contribution in [0.25, 0.3) is 43.1 Å². The Kier molecular flexibility index (Phi) is 2.42. The van der Waals surface area contributed by atoms with Gasteiger partial charge >= 0.3 is 0 Å². The van der Waals surface area contributed by atoms with Crippen molar-refractivity contribution in [2.45, 2.75) is 0 Å². The molecule has 0 aliphatic rings. The highest BCUT2D eigenvalue weighted by atomic mass is 16.3. The summed E-state index contributed by atoms with van der Waals surface area (Å²) in [4.78, 5) is 0. The predicted octanol–water partition coefficient (Wildman–Crippen LogP) is 6.44. The van der Waals surface area contributed by atoms with Crippen LogP contribution < -0.4 is 0 Å². The largest absolute Gasteiger partial charge is 0.290 e. The lowest BCUT2D eigenvalue weighted by molar-refractivity contribution is 0.355. The summed E-state index contributed by atoms with van der Waals surface area (Å²) in [6.45, 7) is 0. The molecule has 1 heteroatoms. The van der Waals surface area contributed by atoms with Crippen molar-refractivity contribution in [2.75, 3.05) is 0 Å². The van der Waals surface area contributed by atoms with E-state index in [0.29, 0.717) is 0 Å². The minimum Gasteiger partial charge on any atom is -0.290 e. The summed E-state index contributed by atoms with van der Waals surface area (Å²) < 4.78 is 0. The van der Waals surface area contributed by atoms with Gasteiger partial charge in [-0.05, 0) is 61.3 Å². The van der Waals surface area contributed by atoms with Crippen LogP contribution >= 0.6 is 0 Å². The predicted molar refractivity (Wildman–Crippen MR) is 96.6 cm³/mol. The summed E-state index contributed by atoms with van der Waals surface area (Å²) in [5, 5.41) is 21.4. The summed E-state index contributed by atoms with van der Waals surface area (Å²) in [6.07, 6.45) is 0. The zero-order chi connectivity index (χ0) is 15.4. The van der Waals surface area contributed by atoms with Gasteiger partial charge < -0.3 is 0 Å². The Labute approximate surface area is 133 Å². The molecular weight excluding hydrogens is 280 g/mol. The van der Waals surface area contributed by atoms with E-state index in [4.69, 9.17) is 0 Å². The SMILES string of the molecule is [O]c1ccc2c3ccccc3c3c4ccccc4ccc3c2c1. The monoisotopic (exact) mass is 293 g/mol. The average Bonchev–Trinajstić information content (AvgIpc) is 2.61. The fourth-order valence-corrected chi connectivity index (χ4v) is 3.70. The van der Waals surface area contributed by atoms with Gasteiger partial charge in [0, 0.05) is 0 Å². The Morgan fingerprint density at radius 1 is 0.478 bits per heavy atom. The molecule has 5 aromatic rings. The Balaban J connectivity index is 2.22. The third kappa shape index (κ3) is 1.68. The fourth-order valence-electron chi connectivity index (χ4n) is 3.70. The first-order chi connectivity index (χ1) is 11.3. The van der Waals surface area contributed by atoms with Gasteiger partial charge in [-0.2, -0.15) is 0 Å². The second kappa shape index (κ2) is 4.47. The quantitative estimate of drug-likeness (QED) is 0.293. The fraction of sp³-hybridized carbons (Fsp3) is 0. The van der Waals surface area contributed by atoms with Crippen LogP contribution in [0.15, 0.2) is 78.9 Å². The number of hydrogen-bond donors (Lipinski definition) is 0. The van der Waals surface area contributed by atoms with Crippen LogP contribution in [0.3, 0.4) is 0 Å². The molecule has 0 N–H and O–H groups in total. The summed E-state index contributed by atoms with van der Waals surface area (Å²) in [7, 11) is 0. The lowest BCUT2D eigenvalue weighted by Gasteiger charge is -2.12. The molecule has 0 saturated carbocycles. The van der Waals surface area contributed by atoms with Crippen LogP contribution in [-0.2, 0) is 5.11 Å². The first-order valence-electron chi connectivity index (χ1n) is 7.76. The highest BCUT2D eigenvalue weighted by Gasteiger charge is 2.11. The summed E-state index contributed by atoms with van der Waals surface area (Å²) in [5.41, 5.74) is 0. The maximum atomic E-state index is 11.9. The van der Waals surface area contributed by atoms with Gasteiger partial charge in [0.1, 0.15) is 0 Å². The first-order valence-corrected chi connectivity index (χ1v) is 7.76. The van der Waals surface area contributed by atoms with Crippen LogP contribution in [0.4, 0.5) is 0 Å². The van der Waals surface area contributed by atoms with E-state index >= 15 is 0 Å². The molecule has 0 amide bonds. The average molecular weight is 293 g/mol. The van der Waals surface area contributed by atoms with E-state index in [1.54, 1.807) is 12.1 Å². The van der Waals surface area contributed by atoms with Gasteiger partial charge in [-0.1, -0.05) is 60.7 Å². The normalized spacial score (nSPS) is 11.7. The molecule has 0 aromatic heterocycles. The van der Waals surface area contributed by atoms with E-state index in [1.165, 1.54) is 26.9 Å². The zero-order valence-electron chi connectivity index (χ0n) is 12.4. The highest BCUT2D eigenvalue weighted by Crippen LogP contribution is 2.39. The smallest absolute Gasteiger partial charge is 0.179 e. The number of fused-ring (bicyclic) bond motifs is 8. The van der Waals surface area contributed by atoms with Crippen molar-refractivity contribution in [1.82, 2.24) is 0 Å². The Hall–Kier alpha value is -3.06. The van der Waals surface area contributed by atoms with E-state index in [9.17, 15) is 5.11 Å². The van der Waals surface area contributed by atoms with Crippen molar-refractivity contribution in [3.8, 4) is 5.75 Å². The Bertz CT molecular complexity index is 1220. The molecule has 0 bridgehead atoms. The van der Waals surface area contributed by atoms with Gasteiger partial charge in [0.05, 0.1) is 0 Å². The Morgan fingerprint density at radius 2 is 1.09 bits per heavy atom. The molecule has 0 aliphatic heterocycles. The van der Waals surface area contributed by atoms with Gasteiger partial charge in [0.15, 0.2) is 5.75 Å². The molecule has 5 rings (SSSR count). The lowest BCUT2D eigenvalue weighted by Crippen LogP contribution is -1.84. The van der Waals surface area contributed by atoms with Gasteiger partial charge in [-0.3, -0.25) is 5.11 Å². The summed E-state index contributed by atoms with van der Waals surface area (Å²) in [5.74, 6) is 0.0576. The maximum Gasteiger partial charge on any atom is 0.179 e. The summed E-state index contributed by atoms with van der Waals surface area (Å²) >= 11 is 0. The third-order valence-electron chi connectivity index (χ3n) is 4.70. The van der Waals surface area contributed by atoms with Crippen molar-refractivity contribution in [3.05, 3.63) is 78.9 Å². The summed E-state index contributed by atoms with van der Waals surface area (Å²) in [6, 6.07) is 26.6. The molecule has 23 heavy (non-hydrogen) atoms. The van der Waals surface area contributed by atoms with E-state index in [0.717, 1.165) is 16.2 Å². The van der Waals surface area contributed by atoms with Crippen LogP contribution in [0.2, 0.25) is 0 Å². The molecule has 1 nitrogen and oxygen atoms in total. The number of rotatable bonds is 0. The van der Waals surface area contributed by atoms with Gasteiger partial charge in [0.25, 0.3) is 0 Å². The van der Waals surface area contributed by atoms with Gasteiger partial charge in [-0.15, -0.1) is 0 Å². The maximum absolute atomic E-state index is 11.9. The molecule has 0 saturated heterocycles. The van der Waals surface area contributed by atoms with Crippen molar-refractivity contribution >= 4 is 43.1 Å². The number of benzene rings is 5. The molecule has 5 aromatic carbocycles. The molecular formula is C22H13O. The van der Waals surface area contributed by atoms with Crippen molar-refractivity contribution in [2.24, 2.45) is 0 Å². The topological polar surface area (TPSA) is 19.9 Å². The van der Waals surface area contributed by atoms with Crippen molar-refractivity contribution < 1.29 is 5.11 Å². The molecule has 0 aliphatic carbocycles. The molecule has 0 spiro atoms. The first kappa shape index (κ1) is 12.5. The van der Waals surface area contributed by atoms with E-state index in [-0.39, 0.29) is 5.75 Å². The van der Waals surface area contributed by atoms with E-state index < -0.39 is 0 Å². The molecule has 1 radical (unpaired) electrons. The van der Waals surface area contributed by atoms with Crippen molar-refractivity contribution in [1.29, 1.82) is 0 Å². The molecule has 0 atom stereocenters. The zero-order valence-corrected chi connectivity index (χ0v) is 12.4. The second-order valence-corrected chi connectivity index (χ2v) is 5.96. The van der Waals surface area contributed by atoms with Gasteiger partial charge in [-0.25, -0.2) is 0 Å². The van der Waals surface area contributed by atoms with Gasteiger partial charge in [0.2, 0.25) is 0 Å². The van der Waals surface area contributed by atoms with Crippen LogP contribution in [0.1, 0.15) is 0 Å². The Morgan fingerprint density at radius 3 is 1.96 bits per heavy atom. The molecule has 0 unspecified atom stereocenters. The molecule has 107 valence electrons. The lowest BCUT2D eigenvalue weighted by atomic mass is 9.91. The minimum absolute atomic E-state index is 0.0576. The van der Waals surface area contributed by atoms with Crippen LogP contribution in [0.5, 0.6) is 5.75 Å². The minimum atomic E-state index is 0.0576. The molecule has 0 heterocycles. The molecule has 0 fully saturated rings. The number of hydrogen-bond acceptors (Lipinski definition) is 0. The third-order valence-corrected chi connectivity index (χ3v) is 4.70. The van der Waals surface area contributed by atoms with Crippen LogP contribution in [-0.4, -0.2) is 0 Å². The van der Waals surface area contributed by atoms with Crippen LogP contribution in [0, 0.1) is 0 Å². The van der Waals surface area contributed by atoms with E-state index in [1.807, 2.05) is 6.07 Å².